The van der Waals surface area contributed by atoms with Gasteiger partial charge < -0.3 is 9.47 Å². The summed E-state index contributed by atoms with van der Waals surface area (Å²) in [5.74, 6) is -0.804. The number of rotatable bonds is 4. The summed E-state index contributed by atoms with van der Waals surface area (Å²) in [6, 6.07) is 0. The standard InChI is InChI=1S/C11H20O4/c1-8(2)7-14-9(12)6-10(13)15-11(3,4)5/h8H,6-7H2,1-5H3. The van der Waals surface area contributed by atoms with Crippen LogP contribution < -0.4 is 0 Å². The minimum atomic E-state index is -0.560. The SMILES string of the molecule is CC(C)COC(=O)CC(=O)OC(C)(C)C. The van der Waals surface area contributed by atoms with Crippen molar-refractivity contribution in [3.8, 4) is 0 Å². The van der Waals surface area contributed by atoms with E-state index in [0.717, 1.165) is 0 Å². The average Bonchev–Trinajstić information content (AvgIpc) is 1.96. The van der Waals surface area contributed by atoms with Gasteiger partial charge in [0.1, 0.15) is 12.0 Å². The highest BCUT2D eigenvalue weighted by Crippen LogP contribution is 2.08. The number of carbonyl (C=O) groups excluding carboxylic acids is 2. The van der Waals surface area contributed by atoms with Crippen molar-refractivity contribution in [2.45, 2.75) is 46.6 Å². The van der Waals surface area contributed by atoms with Gasteiger partial charge in [-0.3, -0.25) is 9.59 Å². The lowest BCUT2D eigenvalue weighted by Gasteiger charge is -2.19. The van der Waals surface area contributed by atoms with E-state index in [9.17, 15) is 9.59 Å². The van der Waals surface area contributed by atoms with Crippen molar-refractivity contribution in [3.63, 3.8) is 0 Å². The predicted octanol–water partition coefficient (Wildman–Crippen LogP) is 1.92. The highest BCUT2D eigenvalue weighted by Gasteiger charge is 2.19. The molecule has 0 spiro atoms. The summed E-state index contributed by atoms with van der Waals surface area (Å²) < 4.78 is 9.82. The smallest absolute Gasteiger partial charge is 0.317 e. The molecule has 0 atom stereocenters. The topological polar surface area (TPSA) is 52.6 Å². The lowest BCUT2D eigenvalue weighted by atomic mass is 10.2. The van der Waals surface area contributed by atoms with Gasteiger partial charge in [0.25, 0.3) is 0 Å². The molecule has 0 saturated heterocycles. The van der Waals surface area contributed by atoms with Crippen LogP contribution in [0.1, 0.15) is 41.0 Å². The minimum Gasteiger partial charge on any atom is -0.465 e. The maximum Gasteiger partial charge on any atom is 0.317 e. The first-order valence-electron chi connectivity index (χ1n) is 5.08. The van der Waals surface area contributed by atoms with E-state index in [0.29, 0.717) is 6.61 Å². The van der Waals surface area contributed by atoms with Crippen LogP contribution in [0.25, 0.3) is 0 Å². The molecule has 0 heterocycles. The quantitative estimate of drug-likeness (QED) is 0.532. The van der Waals surface area contributed by atoms with Crippen LogP contribution in [-0.2, 0) is 19.1 Å². The third kappa shape index (κ3) is 9.25. The summed E-state index contributed by atoms with van der Waals surface area (Å²) in [6.07, 6.45) is -0.315. The zero-order chi connectivity index (χ0) is 12.1. The largest absolute Gasteiger partial charge is 0.465 e. The van der Waals surface area contributed by atoms with Crippen LogP contribution in [0.5, 0.6) is 0 Å². The Balaban J connectivity index is 3.82. The summed E-state index contributed by atoms with van der Waals surface area (Å²) in [4.78, 5) is 22.3. The van der Waals surface area contributed by atoms with Gasteiger partial charge in [-0.2, -0.15) is 0 Å². The molecule has 0 aliphatic rings. The molecule has 0 saturated carbocycles. The monoisotopic (exact) mass is 216 g/mol. The first-order valence-corrected chi connectivity index (χ1v) is 5.08. The Labute approximate surface area is 90.9 Å². The second-order valence-corrected chi connectivity index (χ2v) is 4.84. The van der Waals surface area contributed by atoms with E-state index in [1.54, 1.807) is 20.8 Å². The van der Waals surface area contributed by atoms with Crippen LogP contribution in [0.2, 0.25) is 0 Å². The van der Waals surface area contributed by atoms with E-state index in [1.807, 2.05) is 13.8 Å². The van der Waals surface area contributed by atoms with Crippen molar-refractivity contribution in [1.29, 1.82) is 0 Å². The lowest BCUT2D eigenvalue weighted by molar-refractivity contribution is -0.161. The molecular weight excluding hydrogens is 196 g/mol. The molecule has 4 nitrogen and oxygen atoms in total. The Morgan fingerprint density at radius 1 is 1.13 bits per heavy atom. The Morgan fingerprint density at radius 3 is 2.07 bits per heavy atom. The molecule has 88 valence electrons. The van der Waals surface area contributed by atoms with Gasteiger partial charge in [-0.05, 0) is 26.7 Å². The molecule has 0 rings (SSSR count). The highest BCUT2D eigenvalue weighted by molar-refractivity contribution is 5.91. The van der Waals surface area contributed by atoms with Gasteiger partial charge in [0.15, 0.2) is 0 Å². The molecule has 0 aromatic rings. The maximum absolute atomic E-state index is 11.2. The van der Waals surface area contributed by atoms with Crippen molar-refractivity contribution in [2.75, 3.05) is 6.61 Å². The Hall–Kier alpha value is -1.06. The Morgan fingerprint density at radius 2 is 1.67 bits per heavy atom. The number of ether oxygens (including phenoxy) is 2. The normalized spacial score (nSPS) is 11.3. The minimum absolute atomic E-state index is 0.271. The zero-order valence-electron chi connectivity index (χ0n) is 10.1. The van der Waals surface area contributed by atoms with Gasteiger partial charge in [0, 0.05) is 0 Å². The first kappa shape index (κ1) is 13.9. The molecule has 15 heavy (non-hydrogen) atoms. The summed E-state index contributed by atoms with van der Waals surface area (Å²) in [7, 11) is 0. The fraction of sp³-hybridized carbons (Fsp3) is 0.818. The summed E-state index contributed by atoms with van der Waals surface area (Å²) >= 11 is 0. The van der Waals surface area contributed by atoms with Crippen LogP contribution >= 0.6 is 0 Å². The van der Waals surface area contributed by atoms with E-state index in [2.05, 4.69) is 0 Å². The first-order chi connectivity index (χ1) is 6.70. The van der Waals surface area contributed by atoms with Crippen LogP contribution in [0, 0.1) is 5.92 Å². The molecule has 0 aliphatic heterocycles. The molecule has 4 heteroatoms. The summed E-state index contributed by atoms with van der Waals surface area (Å²) in [5.41, 5.74) is -0.560. The Bertz CT molecular complexity index is 225. The predicted molar refractivity (Wildman–Crippen MR) is 56.3 cm³/mol. The second kappa shape index (κ2) is 5.73. The van der Waals surface area contributed by atoms with E-state index in [-0.39, 0.29) is 12.3 Å². The maximum atomic E-state index is 11.2. The molecule has 0 aliphatic carbocycles. The summed E-state index contributed by atoms with van der Waals surface area (Å²) in [5, 5.41) is 0. The Kier molecular flexibility index (Phi) is 5.33. The van der Waals surface area contributed by atoms with Gasteiger partial charge in [0.2, 0.25) is 0 Å². The number of hydrogen-bond donors (Lipinski definition) is 0. The lowest BCUT2D eigenvalue weighted by Crippen LogP contribution is -2.26. The van der Waals surface area contributed by atoms with Crippen LogP contribution in [-0.4, -0.2) is 24.1 Å². The average molecular weight is 216 g/mol. The van der Waals surface area contributed by atoms with Crippen LogP contribution in [0.4, 0.5) is 0 Å². The van der Waals surface area contributed by atoms with Gasteiger partial charge in [-0.15, -0.1) is 0 Å². The molecular formula is C11H20O4. The van der Waals surface area contributed by atoms with Gasteiger partial charge in [0.05, 0.1) is 6.61 Å². The fourth-order valence-electron chi connectivity index (χ4n) is 0.806. The molecule has 0 bridgehead atoms. The zero-order valence-corrected chi connectivity index (χ0v) is 10.1. The van der Waals surface area contributed by atoms with Crippen molar-refractivity contribution >= 4 is 11.9 Å². The van der Waals surface area contributed by atoms with Gasteiger partial charge in [-0.25, -0.2) is 0 Å². The van der Waals surface area contributed by atoms with Crippen molar-refractivity contribution in [1.82, 2.24) is 0 Å². The summed E-state index contributed by atoms with van der Waals surface area (Å²) in [6.45, 7) is 9.46. The van der Waals surface area contributed by atoms with Gasteiger partial charge in [-0.1, -0.05) is 13.8 Å². The van der Waals surface area contributed by atoms with E-state index in [4.69, 9.17) is 9.47 Å². The van der Waals surface area contributed by atoms with E-state index < -0.39 is 17.5 Å². The molecule has 0 amide bonds. The molecule has 0 aromatic carbocycles. The third-order valence-corrected chi connectivity index (χ3v) is 1.29. The second-order valence-electron chi connectivity index (χ2n) is 4.84. The fourth-order valence-corrected chi connectivity index (χ4v) is 0.806. The number of hydrogen-bond acceptors (Lipinski definition) is 4. The number of carbonyl (C=O) groups is 2. The highest BCUT2D eigenvalue weighted by atomic mass is 16.6. The molecule has 0 N–H and O–H groups in total. The van der Waals surface area contributed by atoms with Crippen LogP contribution in [0.3, 0.4) is 0 Å². The molecule has 0 radical (unpaired) electrons. The van der Waals surface area contributed by atoms with E-state index in [1.165, 1.54) is 0 Å². The molecule has 0 fully saturated rings. The van der Waals surface area contributed by atoms with Crippen molar-refractivity contribution < 1.29 is 19.1 Å². The third-order valence-electron chi connectivity index (χ3n) is 1.29. The van der Waals surface area contributed by atoms with Gasteiger partial charge >= 0.3 is 11.9 Å². The van der Waals surface area contributed by atoms with Crippen molar-refractivity contribution in [2.24, 2.45) is 5.92 Å². The molecule has 0 unspecified atom stereocenters. The number of esters is 2. The van der Waals surface area contributed by atoms with E-state index >= 15 is 0 Å². The van der Waals surface area contributed by atoms with Crippen molar-refractivity contribution in [3.05, 3.63) is 0 Å². The van der Waals surface area contributed by atoms with Crippen LogP contribution in [0.15, 0.2) is 0 Å². The molecule has 0 aromatic heterocycles.